The number of carbonyl (C=O) groups excluding carboxylic acids is 3. The van der Waals surface area contributed by atoms with Gasteiger partial charge in [-0.2, -0.15) is 0 Å². The van der Waals surface area contributed by atoms with Crippen molar-refractivity contribution in [3.05, 3.63) is 56.2 Å². The minimum Gasteiger partial charge on any atom is -0.294 e. The van der Waals surface area contributed by atoms with E-state index in [1.165, 1.54) is 11.3 Å². The number of halogens is 1. The lowest BCUT2D eigenvalue weighted by molar-refractivity contribution is -0.121. The van der Waals surface area contributed by atoms with Gasteiger partial charge < -0.3 is 0 Å². The number of aryl methyl sites for hydroxylation is 1. The van der Waals surface area contributed by atoms with Gasteiger partial charge in [-0.3, -0.25) is 25.2 Å². The molecule has 2 rings (SSSR count). The summed E-state index contributed by atoms with van der Waals surface area (Å²) in [5.41, 5.74) is 6.28. The predicted molar refractivity (Wildman–Crippen MR) is 92.4 cm³/mol. The lowest BCUT2D eigenvalue weighted by Gasteiger charge is -2.06. The molecule has 1 aromatic heterocycles. The van der Waals surface area contributed by atoms with Crippen molar-refractivity contribution in [2.45, 2.75) is 19.8 Å². The van der Waals surface area contributed by atoms with Crippen LogP contribution in [0.5, 0.6) is 0 Å². The first kappa shape index (κ1) is 17.4. The van der Waals surface area contributed by atoms with Crippen LogP contribution in [-0.2, 0) is 4.79 Å². The van der Waals surface area contributed by atoms with Crippen molar-refractivity contribution in [1.29, 1.82) is 0 Å². The first-order chi connectivity index (χ1) is 11.0. The van der Waals surface area contributed by atoms with E-state index in [4.69, 9.17) is 0 Å². The van der Waals surface area contributed by atoms with Crippen LogP contribution in [-0.4, -0.2) is 17.6 Å². The van der Waals surface area contributed by atoms with E-state index in [1.807, 2.05) is 19.1 Å². The Kier molecular flexibility index (Phi) is 6.06. The molecule has 0 bridgehead atoms. The third-order valence-electron chi connectivity index (χ3n) is 3.07. The molecular formula is C16H15BrN2O3S. The summed E-state index contributed by atoms with van der Waals surface area (Å²) < 4.78 is 0.831. The number of hydrogen-bond acceptors (Lipinski definition) is 4. The van der Waals surface area contributed by atoms with Gasteiger partial charge in [0.1, 0.15) is 0 Å². The van der Waals surface area contributed by atoms with Crippen molar-refractivity contribution in [2.24, 2.45) is 0 Å². The van der Waals surface area contributed by atoms with Gasteiger partial charge in [0.2, 0.25) is 5.91 Å². The Hall–Kier alpha value is -1.99. The van der Waals surface area contributed by atoms with E-state index in [0.717, 1.165) is 9.35 Å². The molecule has 0 aliphatic carbocycles. The number of rotatable bonds is 5. The van der Waals surface area contributed by atoms with E-state index < -0.39 is 5.91 Å². The second-order valence-corrected chi connectivity index (χ2v) is 7.36. The van der Waals surface area contributed by atoms with Gasteiger partial charge in [-0.1, -0.05) is 29.8 Å². The number of Topliss-reactive ketones (excluding diaryl/α,β-unsaturated/α-hetero) is 1. The van der Waals surface area contributed by atoms with Gasteiger partial charge in [-0.25, -0.2) is 0 Å². The van der Waals surface area contributed by atoms with E-state index in [0.29, 0.717) is 10.4 Å². The molecule has 2 N–H and O–H groups in total. The number of amides is 2. The highest BCUT2D eigenvalue weighted by Gasteiger charge is 2.12. The minimum atomic E-state index is -0.408. The van der Waals surface area contributed by atoms with Crippen molar-refractivity contribution in [3.63, 3.8) is 0 Å². The summed E-state index contributed by atoms with van der Waals surface area (Å²) in [7, 11) is 0. The second kappa shape index (κ2) is 8.03. The van der Waals surface area contributed by atoms with Crippen LogP contribution < -0.4 is 10.9 Å². The number of nitrogens with one attached hydrogen (secondary N) is 2. The van der Waals surface area contributed by atoms with Crippen LogP contribution >= 0.6 is 27.3 Å². The molecule has 7 heteroatoms. The summed E-state index contributed by atoms with van der Waals surface area (Å²) in [6, 6.07) is 10.6. The van der Waals surface area contributed by atoms with E-state index in [9.17, 15) is 14.4 Å². The number of benzene rings is 1. The average Bonchev–Trinajstić information content (AvgIpc) is 2.97. The monoisotopic (exact) mass is 394 g/mol. The van der Waals surface area contributed by atoms with E-state index >= 15 is 0 Å². The molecule has 0 aliphatic heterocycles. The first-order valence-corrected chi connectivity index (χ1v) is 8.51. The lowest BCUT2D eigenvalue weighted by atomic mass is 10.1. The standard InChI is InChI=1S/C16H15BrN2O3S/c1-10-2-4-11(5-3-10)12(20)6-9-15(21)18-19-16(22)13-7-8-14(17)23-13/h2-5,7-8H,6,9H2,1H3,(H,18,21)(H,19,22). The van der Waals surface area contributed by atoms with Crippen molar-refractivity contribution < 1.29 is 14.4 Å². The maximum atomic E-state index is 12.0. The fraction of sp³-hybridized carbons (Fsp3) is 0.188. The van der Waals surface area contributed by atoms with Crippen LogP contribution in [0.3, 0.4) is 0 Å². The second-order valence-electron chi connectivity index (χ2n) is 4.90. The maximum Gasteiger partial charge on any atom is 0.279 e. The number of ketones is 1. The van der Waals surface area contributed by atoms with Crippen LogP contribution in [0.4, 0.5) is 0 Å². The Morgan fingerprint density at radius 3 is 2.30 bits per heavy atom. The molecular weight excluding hydrogens is 380 g/mol. The number of carbonyl (C=O) groups is 3. The van der Waals surface area contributed by atoms with Crippen molar-refractivity contribution >= 4 is 44.9 Å². The fourth-order valence-electron chi connectivity index (χ4n) is 1.80. The Morgan fingerprint density at radius 1 is 1.00 bits per heavy atom. The van der Waals surface area contributed by atoms with Gasteiger partial charge in [0.15, 0.2) is 5.78 Å². The van der Waals surface area contributed by atoms with E-state index in [1.54, 1.807) is 24.3 Å². The fourth-order valence-corrected chi connectivity index (χ4v) is 3.08. The van der Waals surface area contributed by atoms with Crippen molar-refractivity contribution in [2.75, 3.05) is 0 Å². The zero-order chi connectivity index (χ0) is 16.8. The zero-order valence-electron chi connectivity index (χ0n) is 12.4. The lowest BCUT2D eigenvalue weighted by Crippen LogP contribution is -2.41. The summed E-state index contributed by atoms with van der Waals surface area (Å²) in [6.45, 7) is 1.94. The summed E-state index contributed by atoms with van der Waals surface area (Å²) in [5.74, 6) is -0.901. The van der Waals surface area contributed by atoms with Gasteiger partial charge in [0.05, 0.1) is 8.66 Å². The molecule has 0 saturated carbocycles. The average molecular weight is 395 g/mol. The topological polar surface area (TPSA) is 75.3 Å². The molecule has 23 heavy (non-hydrogen) atoms. The molecule has 0 fully saturated rings. The number of thiophene rings is 1. The van der Waals surface area contributed by atoms with Gasteiger partial charge in [0.25, 0.3) is 5.91 Å². The van der Waals surface area contributed by atoms with Crippen LogP contribution in [0.15, 0.2) is 40.2 Å². The number of hydrazine groups is 1. The molecule has 120 valence electrons. The maximum absolute atomic E-state index is 12.0. The van der Waals surface area contributed by atoms with Gasteiger partial charge in [-0.05, 0) is 35.0 Å². The Morgan fingerprint density at radius 2 is 1.70 bits per heavy atom. The Bertz CT molecular complexity index is 725. The van der Waals surface area contributed by atoms with E-state index in [-0.39, 0.29) is 24.5 Å². The Balaban J connectivity index is 1.75. The summed E-state index contributed by atoms with van der Waals surface area (Å²) in [4.78, 5) is 35.9. The largest absolute Gasteiger partial charge is 0.294 e. The highest BCUT2D eigenvalue weighted by Crippen LogP contribution is 2.21. The SMILES string of the molecule is Cc1ccc(C(=O)CCC(=O)NNC(=O)c2ccc(Br)s2)cc1. The van der Waals surface area contributed by atoms with Crippen LogP contribution in [0.25, 0.3) is 0 Å². The van der Waals surface area contributed by atoms with Crippen molar-refractivity contribution in [3.8, 4) is 0 Å². The van der Waals surface area contributed by atoms with Gasteiger partial charge >= 0.3 is 0 Å². The smallest absolute Gasteiger partial charge is 0.279 e. The molecule has 0 unspecified atom stereocenters. The predicted octanol–water partition coefficient (Wildman–Crippen LogP) is 3.24. The molecule has 0 radical (unpaired) electrons. The number of hydrogen-bond donors (Lipinski definition) is 2. The first-order valence-electron chi connectivity index (χ1n) is 6.90. The van der Waals surface area contributed by atoms with Crippen molar-refractivity contribution in [1.82, 2.24) is 10.9 Å². The summed E-state index contributed by atoms with van der Waals surface area (Å²) in [6.07, 6.45) is 0.108. The highest BCUT2D eigenvalue weighted by molar-refractivity contribution is 9.11. The molecule has 0 aliphatic rings. The molecule has 2 aromatic rings. The minimum absolute atomic E-state index is 0.0150. The molecule has 1 heterocycles. The summed E-state index contributed by atoms with van der Waals surface area (Å²) in [5, 5.41) is 0. The third-order valence-corrected chi connectivity index (χ3v) is 4.69. The summed E-state index contributed by atoms with van der Waals surface area (Å²) >= 11 is 4.52. The quantitative estimate of drug-likeness (QED) is 0.603. The normalized spacial score (nSPS) is 10.2. The van der Waals surface area contributed by atoms with Gasteiger partial charge in [0, 0.05) is 18.4 Å². The molecule has 1 aromatic carbocycles. The molecule has 0 saturated heterocycles. The highest BCUT2D eigenvalue weighted by atomic mass is 79.9. The molecule has 0 atom stereocenters. The molecule has 2 amide bonds. The zero-order valence-corrected chi connectivity index (χ0v) is 14.8. The Labute approximate surface area is 146 Å². The van der Waals surface area contributed by atoms with Crippen LogP contribution in [0.1, 0.15) is 38.4 Å². The molecule has 0 spiro atoms. The van der Waals surface area contributed by atoms with E-state index in [2.05, 4.69) is 26.8 Å². The van der Waals surface area contributed by atoms with Crippen LogP contribution in [0, 0.1) is 6.92 Å². The van der Waals surface area contributed by atoms with Crippen LogP contribution in [0.2, 0.25) is 0 Å². The van der Waals surface area contributed by atoms with Gasteiger partial charge in [-0.15, -0.1) is 11.3 Å². The third kappa shape index (κ3) is 5.30. The molecule has 5 nitrogen and oxygen atoms in total.